The second kappa shape index (κ2) is 9.82. The fourth-order valence-electron chi connectivity index (χ4n) is 2.58. The summed E-state index contributed by atoms with van der Waals surface area (Å²) < 4.78 is 0. The maximum atomic E-state index is 12.1. The van der Waals surface area contributed by atoms with Gasteiger partial charge >= 0.3 is 0 Å². The number of rotatable bonds is 8. The van der Waals surface area contributed by atoms with E-state index in [1.54, 1.807) is 0 Å². The number of carbonyl (C=O) groups is 2. The molecule has 0 radical (unpaired) electrons. The van der Waals surface area contributed by atoms with Crippen LogP contribution in [-0.2, 0) is 9.59 Å². The minimum Gasteiger partial charge on any atom is -0.356 e. The molecule has 1 aliphatic rings. The lowest BCUT2D eigenvalue weighted by Crippen LogP contribution is -2.46. The molecule has 2 N–H and O–H groups in total. The molecule has 1 rings (SSSR count). The first-order chi connectivity index (χ1) is 10.4. The van der Waals surface area contributed by atoms with Gasteiger partial charge in [0.25, 0.3) is 0 Å². The summed E-state index contributed by atoms with van der Waals surface area (Å²) in [6.45, 7) is 11.0. The van der Waals surface area contributed by atoms with Crippen LogP contribution in [0.2, 0.25) is 0 Å². The van der Waals surface area contributed by atoms with Crippen molar-refractivity contribution < 1.29 is 12.4 Å². The minimum absolute atomic E-state index is 0. The van der Waals surface area contributed by atoms with Gasteiger partial charge in [-0.2, -0.15) is 0 Å². The molecule has 2 amide bonds. The lowest BCUT2D eigenvalue weighted by atomic mass is 9.95. The van der Waals surface area contributed by atoms with Crippen molar-refractivity contribution in [2.24, 2.45) is 11.8 Å². The van der Waals surface area contributed by atoms with Crippen molar-refractivity contribution in [3.8, 4) is 0 Å². The van der Waals surface area contributed by atoms with Crippen LogP contribution < -0.4 is 10.6 Å². The predicted molar refractivity (Wildman–Crippen MR) is 93.8 cm³/mol. The third-order valence-electron chi connectivity index (χ3n) is 4.51. The number of carbonyl (C=O) groups excluding carboxylic acids is 2. The first-order valence-corrected chi connectivity index (χ1v) is 8.72. The molecular weight excluding hydrogens is 278 g/mol. The number of piperidine rings is 1. The smallest absolute Gasteiger partial charge is 0.236 e. The van der Waals surface area contributed by atoms with E-state index in [1.165, 1.54) is 0 Å². The highest BCUT2D eigenvalue weighted by Crippen LogP contribution is 2.17. The van der Waals surface area contributed by atoms with Crippen molar-refractivity contribution in [2.45, 2.75) is 59.4 Å². The number of amides is 2. The first-order valence-electron chi connectivity index (χ1n) is 8.72. The van der Waals surface area contributed by atoms with Crippen LogP contribution in [0.1, 0.15) is 56.2 Å². The van der Waals surface area contributed by atoms with Crippen LogP contribution in [0, 0.1) is 11.8 Å². The molecule has 1 unspecified atom stereocenters. The highest BCUT2D eigenvalue weighted by molar-refractivity contribution is 5.80. The highest BCUT2D eigenvalue weighted by atomic mass is 16.2. The Morgan fingerprint density at radius 2 is 1.86 bits per heavy atom. The zero-order chi connectivity index (χ0) is 16.5. The molecular formula is C17H37N3O2. The van der Waals surface area contributed by atoms with E-state index < -0.39 is 0 Å². The molecule has 22 heavy (non-hydrogen) atoms. The van der Waals surface area contributed by atoms with E-state index in [4.69, 9.17) is 0 Å². The number of hydrogen-bond acceptors (Lipinski definition) is 3. The fraction of sp³-hybridized carbons (Fsp3) is 0.882. The van der Waals surface area contributed by atoms with E-state index in [0.717, 1.165) is 32.2 Å². The van der Waals surface area contributed by atoms with Crippen LogP contribution in [-0.4, -0.2) is 48.9 Å². The van der Waals surface area contributed by atoms with Crippen LogP contribution in [0.5, 0.6) is 0 Å². The van der Waals surface area contributed by atoms with Gasteiger partial charge in [-0.05, 0) is 25.2 Å². The van der Waals surface area contributed by atoms with Gasteiger partial charge in [-0.25, -0.2) is 0 Å². The van der Waals surface area contributed by atoms with Gasteiger partial charge in [0.1, 0.15) is 0 Å². The lowest BCUT2D eigenvalue weighted by molar-refractivity contribution is -0.135. The molecule has 1 fully saturated rings. The second-order valence-corrected chi connectivity index (χ2v) is 6.78. The summed E-state index contributed by atoms with van der Waals surface area (Å²) >= 11 is 0. The van der Waals surface area contributed by atoms with Crippen molar-refractivity contribution in [3.63, 3.8) is 0 Å². The monoisotopic (exact) mass is 315 g/mol. The molecule has 0 spiro atoms. The summed E-state index contributed by atoms with van der Waals surface area (Å²) in [6, 6.07) is 0.317. The average Bonchev–Trinajstić information content (AvgIpc) is 2.52. The molecule has 0 saturated carbocycles. The van der Waals surface area contributed by atoms with Gasteiger partial charge in [-0.1, -0.05) is 34.1 Å². The summed E-state index contributed by atoms with van der Waals surface area (Å²) in [7, 11) is 0. The molecule has 5 nitrogen and oxygen atoms in total. The van der Waals surface area contributed by atoms with Gasteiger partial charge in [0, 0.05) is 34.4 Å². The Kier molecular flexibility index (Phi) is 8.46. The standard InChI is InChI=1S/C17H33N3O2.2H2/c1-5-14(4)6-9-18-17(22)15-7-10-20(11-8-15)16(21)12-19-13(2)3;;/h13-15,19H,5-12H2,1-4H3,(H,18,22);2*1H. The van der Waals surface area contributed by atoms with Crippen LogP contribution in [0.15, 0.2) is 0 Å². The maximum absolute atomic E-state index is 12.1. The molecule has 1 atom stereocenters. The Morgan fingerprint density at radius 3 is 2.41 bits per heavy atom. The van der Waals surface area contributed by atoms with E-state index in [0.29, 0.717) is 31.6 Å². The highest BCUT2D eigenvalue weighted by Gasteiger charge is 2.26. The Bertz CT molecular complexity index is 360. The van der Waals surface area contributed by atoms with E-state index >= 15 is 0 Å². The molecule has 0 aromatic heterocycles. The van der Waals surface area contributed by atoms with Crippen LogP contribution in [0.3, 0.4) is 0 Å². The summed E-state index contributed by atoms with van der Waals surface area (Å²) in [5.74, 6) is 1.03. The van der Waals surface area contributed by atoms with Gasteiger partial charge in [0.15, 0.2) is 0 Å². The molecule has 0 aliphatic carbocycles. The molecule has 1 aliphatic heterocycles. The molecule has 0 aromatic carbocycles. The van der Waals surface area contributed by atoms with Crippen LogP contribution >= 0.6 is 0 Å². The Labute approximate surface area is 138 Å². The summed E-state index contributed by atoms with van der Waals surface area (Å²) in [5, 5.41) is 6.20. The topological polar surface area (TPSA) is 61.4 Å². The maximum Gasteiger partial charge on any atom is 0.236 e. The molecule has 132 valence electrons. The van der Waals surface area contributed by atoms with Crippen molar-refractivity contribution in [1.29, 1.82) is 0 Å². The number of likely N-dealkylation sites (tertiary alicyclic amines) is 1. The molecule has 5 heteroatoms. The Balaban J connectivity index is 0. The van der Waals surface area contributed by atoms with Gasteiger partial charge in [0.2, 0.25) is 11.8 Å². The number of hydrogen-bond donors (Lipinski definition) is 2. The van der Waals surface area contributed by atoms with Crippen LogP contribution in [0.25, 0.3) is 0 Å². The minimum atomic E-state index is 0. The van der Waals surface area contributed by atoms with Gasteiger partial charge < -0.3 is 15.5 Å². The van der Waals surface area contributed by atoms with Crippen molar-refractivity contribution in [3.05, 3.63) is 0 Å². The molecule has 1 heterocycles. The van der Waals surface area contributed by atoms with E-state index in [-0.39, 0.29) is 20.6 Å². The van der Waals surface area contributed by atoms with Crippen LogP contribution in [0.4, 0.5) is 0 Å². The third kappa shape index (κ3) is 6.77. The van der Waals surface area contributed by atoms with Crippen molar-refractivity contribution >= 4 is 11.8 Å². The Morgan fingerprint density at radius 1 is 1.23 bits per heavy atom. The normalized spacial score (nSPS) is 17.6. The first kappa shape index (κ1) is 18.9. The predicted octanol–water partition coefficient (Wildman–Crippen LogP) is 2.27. The Hall–Kier alpha value is -1.10. The van der Waals surface area contributed by atoms with E-state index in [2.05, 4.69) is 24.5 Å². The van der Waals surface area contributed by atoms with Crippen molar-refractivity contribution in [1.82, 2.24) is 15.5 Å². The summed E-state index contributed by atoms with van der Waals surface area (Å²) in [4.78, 5) is 26.0. The summed E-state index contributed by atoms with van der Waals surface area (Å²) in [6.07, 6.45) is 3.76. The fourth-order valence-corrected chi connectivity index (χ4v) is 2.58. The SMILES string of the molecule is CCC(C)CCNC(=O)C1CCN(C(=O)CNC(C)C)CC1.[HH].[HH]. The van der Waals surface area contributed by atoms with Gasteiger partial charge in [-0.3, -0.25) is 9.59 Å². The largest absolute Gasteiger partial charge is 0.356 e. The second-order valence-electron chi connectivity index (χ2n) is 6.78. The quantitative estimate of drug-likeness (QED) is 0.722. The summed E-state index contributed by atoms with van der Waals surface area (Å²) in [5.41, 5.74) is 0. The molecule has 0 bridgehead atoms. The number of nitrogens with one attached hydrogen (secondary N) is 2. The van der Waals surface area contributed by atoms with E-state index in [9.17, 15) is 9.59 Å². The molecule has 0 aromatic rings. The number of nitrogens with zero attached hydrogens (tertiary/aromatic N) is 1. The van der Waals surface area contributed by atoms with Gasteiger partial charge in [0.05, 0.1) is 6.54 Å². The zero-order valence-electron chi connectivity index (χ0n) is 14.7. The van der Waals surface area contributed by atoms with E-state index in [1.807, 2.05) is 18.7 Å². The van der Waals surface area contributed by atoms with Crippen molar-refractivity contribution in [2.75, 3.05) is 26.2 Å². The third-order valence-corrected chi connectivity index (χ3v) is 4.51. The molecule has 1 saturated heterocycles. The average molecular weight is 316 g/mol. The lowest BCUT2D eigenvalue weighted by Gasteiger charge is -2.31. The zero-order valence-corrected chi connectivity index (χ0v) is 14.7. The van der Waals surface area contributed by atoms with Gasteiger partial charge in [-0.15, -0.1) is 0 Å².